The molecule has 1 amide bonds. The van der Waals surface area contributed by atoms with Crippen molar-refractivity contribution in [3.05, 3.63) is 58.4 Å². The van der Waals surface area contributed by atoms with E-state index >= 15 is 0 Å². The largest absolute Gasteiger partial charge is 0.495 e. The molecular formula is C15H14ClFN2O2. The molecule has 6 heteroatoms. The Balaban J connectivity index is 2.19. The van der Waals surface area contributed by atoms with Crippen LogP contribution in [0.25, 0.3) is 0 Å². The molecule has 0 radical (unpaired) electrons. The molecule has 21 heavy (non-hydrogen) atoms. The predicted molar refractivity (Wildman–Crippen MR) is 80.2 cm³/mol. The van der Waals surface area contributed by atoms with Crippen molar-refractivity contribution in [2.75, 3.05) is 12.4 Å². The number of methoxy groups -OCH3 is 1. The van der Waals surface area contributed by atoms with Crippen LogP contribution in [0, 0.1) is 5.82 Å². The standard InChI is InChI=1S/C15H14ClFN2O2/c1-21-14-5-3-10(15(18)20)7-13(14)19-8-9-2-4-11(16)12(17)6-9/h2-7,19H,8H2,1H3,(H2,18,20). The summed E-state index contributed by atoms with van der Waals surface area (Å²) in [6.07, 6.45) is 0. The van der Waals surface area contributed by atoms with E-state index in [9.17, 15) is 9.18 Å². The lowest BCUT2D eigenvalue weighted by atomic mass is 10.1. The van der Waals surface area contributed by atoms with Gasteiger partial charge in [-0.25, -0.2) is 4.39 Å². The van der Waals surface area contributed by atoms with Crippen LogP contribution in [-0.2, 0) is 6.54 Å². The van der Waals surface area contributed by atoms with Crippen molar-refractivity contribution in [1.29, 1.82) is 0 Å². The first-order valence-electron chi connectivity index (χ1n) is 6.17. The molecule has 3 N–H and O–H groups in total. The Bertz CT molecular complexity index is 677. The number of halogens is 2. The maximum Gasteiger partial charge on any atom is 0.248 e. The van der Waals surface area contributed by atoms with Gasteiger partial charge in [-0.3, -0.25) is 4.79 Å². The number of nitrogens with one attached hydrogen (secondary N) is 1. The van der Waals surface area contributed by atoms with Crippen LogP contribution in [0.5, 0.6) is 5.75 Å². The van der Waals surface area contributed by atoms with Crippen molar-refractivity contribution >= 4 is 23.2 Å². The van der Waals surface area contributed by atoms with Crippen molar-refractivity contribution in [3.63, 3.8) is 0 Å². The highest BCUT2D eigenvalue weighted by molar-refractivity contribution is 6.30. The molecule has 0 aliphatic carbocycles. The summed E-state index contributed by atoms with van der Waals surface area (Å²) in [7, 11) is 1.52. The average molecular weight is 309 g/mol. The van der Waals surface area contributed by atoms with Gasteiger partial charge in [0.1, 0.15) is 11.6 Å². The predicted octanol–water partition coefficient (Wildman–Crippen LogP) is 3.20. The van der Waals surface area contributed by atoms with E-state index in [2.05, 4.69) is 5.32 Å². The zero-order valence-electron chi connectivity index (χ0n) is 11.3. The lowest BCUT2D eigenvalue weighted by molar-refractivity contribution is 0.100. The molecule has 0 atom stereocenters. The van der Waals surface area contributed by atoms with E-state index < -0.39 is 11.7 Å². The summed E-state index contributed by atoms with van der Waals surface area (Å²) in [5.74, 6) is -0.443. The molecule has 0 spiro atoms. The minimum atomic E-state index is -0.529. The number of benzene rings is 2. The number of hydrogen-bond acceptors (Lipinski definition) is 3. The Morgan fingerprint density at radius 2 is 2.10 bits per heavy atom. The Morgan fingerprint density at radius 1 is 1.33 bits per heavy atom. The zero-order chi connectivity index (χ0) is 15.4. The molecule has 0 aromatic heterocycles. The lowest BCUT2D eigenvalue weighted by Gasteiger charge is -2.12. The van der Waals surface area contributed by atoms with Gasteiger partial charge < -0.3 is 15.8 Å². The van der Waals surface area contributed by atoms with Crippen LogP contribution in [0.2, 0.25) is 5.02 Å². The van der Waals surface area contributed by atoms with Crippen molar-refractivity contribution < 1.29 is 13.9 Å². The third-order valence-electron chi connectivity index (χ3n) is 2.95. The smallest absolute Gasteiger partial charge is 0.248 e. The van der Waals surface area contributed by atoms with E-state index in [0.29, 0.717) is 29.1 Å². The van der Waals surface area contributed by atoms with Crippen LogP contribution in [0.1, 0.15) is 15.9 Å². The first kappa shape index (κ1) is 15.1. The van der Waals surface area contributed by atoms with E-state index in [-0.39, 0.29) is 5.02 Å². The van der Waals surface area contributed by atoms with Crippen LogP contribution < -0.4 is 15.8 Å². The summed E-state index contributed by atoms with van der Waals surface area (Å²) in [5.41, 5.74) is 6.92. The van der Waals surface area contributed by atoms with Gasteiger partial charge in [-0.05, 0) is 35.9 Å². The number of nitrogens with two attached hydrogens (primary N) is 1. The fourth-order valence-electron chi connectivity index (χ4n) is 1.85. The van der Waals surface area contributed by atoms with Gasteiger partial charge in [0, 0.05) is 12.1 Å². The average Bonchev–Trinajstić information content (AvgIpc) is 2.48. The zero-order valence-corrected chi connectivity index (χ0v) is 12.1. The minimum absolute atomic E-state index is 0.0760. The van der Waals surface area contributed by atoms with E-state index in [0.717, 1.165) is 0 Å². The molecule has 0 bridgehead atoms. The second-order valence-electron chi connectivity index (χ2n) is 4.38. The second kappa shape index (κ2) is 6.45. The highest BCUT2D eigenvalue weighted by Crippen LogP contribution is 2.26. The van der Waals surface area contributed by atoms with Gasteiger partial charge in [-0.15, -0.1) is 0 Å². The first-order valence-corrected chi connectivity index (χ1v) is 6.54. The van der Waals surface area contributed by atoms with Crippen LogP contribution in [0.15, 0.2) is 36.4 Å². The number of anilines is 1. The molecular weight excluding hydrogens is 295 g/mol. The molecule has 0 heterocycles. The van der Waals surface area contributed by atoms with Gasteiger partial charge >= 0.3 is 0 Å². The van der Waals surface area contributed by atoms with Crippen molar-refractivity contribution in [2.24, 2.45) is 5.73 Å². The summed E-state index contributed by atoms with van der Waals surface area (Å²) in [6.45, 7) is 0.354. The SMILES string of the molecule is COc1ccc(C(N)=O)cc1NCc1ccc(Cl)c(F)c1. The molecule has 0 saturated carbocycles. The number of carbonyl (C=O) groups excluding carboxylic acids is 1. The van der Waals surface area contributed by atoms with Gasteiger partial charge in [-0.2, -0.15) is 0 Å². The first-order chi connectivity index (χ1) is 10.0. The quantitative estimate of drug-likeness (QED) is 0.891. The number of primary amides is 1. The minimum Gasteiger partial charge on any atom is -0.495 e. The second-order valence-corrected chi connectivity index (χ2v) is 4.79. The van der Waals surface area contributed by atoms with Crippen LogP contribution in [0.3, 0.4) is 0 Å². The molecule has 0 saturated heterocycles. The number of ether oxygens (including phenoxy) is 1. The monoisotopic (exact) mass is 308 g/mol. The van der Waals surface area contributed by atoms with E-state index in [1.807, 2.05) is 0 Å². The highest BCUT2D eigenvalue weighted by atomic mass is 35.5. The Morgan fingerprint density at radius 3 is 2.71 bits per heavy atom. The third-order valence-corrected chi connectivity index (χ3v) is 3.26. The summed E-state index contributed by atoms with van der Waals surface area (Å²) in [6, 6.07) is 9.36. The summed E-state index contributed by atoms with van der Waals surface area (Å²) < 4.78 is 18.6. The topological polar surface area (TPSA) is 64.3 Å². The van der Waals surface area contributed by atoms with Gasteiger partial charge in [0.25, 0.3) is 0 Å². The lowest BCUT2D eigenvalue weighted by Crippen LogP contribution is -2.11. The number of carbonyl (C=O) groups is 1. The molecule has 2 aromatic rings. The van der Waals surface area contributed by atoms with Crippen molar-refractivity contribution in [3.8, 4) is 5.75 Å². The van der Waals surface area contributed by atoms with E-state index in [4.69, 9.17) is 22.1 Å². The van der Waals surface area contributed by atoms with Crippen LogP contribution in [0.4, 0.5) is 10.1 Å². The summed E-state index contributed by atoms with van der Waals surface area (Å²) in [4.78, 5) is 11.2. The maximum atomic E-state index is 13.4. The van der Waals surface area contributed by atoms with Gasteiger partial charge in [0.2, 0.25) is 5.91 Å². The van der Waals surface area contributed by atoms with E-state index in [1.54, 1.807) is 24.3 Å². The maximum absolute atomic E-state index is 13.4. The van der Waals surface area contributed by atoms with Gasteiger partial charge in [0.05, 0.1) is 17.8 Å². The Labute approximate surface area is 126 Å². The van der Waals surface area contributed by atoms with Gasteiger partial charge in [0.15, 0.2) is 0 Å². The summed E-state index contributed by atoms with van der Waals surface area (Å²) >= 11 is 5.63. The number of amides is 1. The highest BCUT2D eigenvalue weighted by Gasteiger charge is 2.08. The Hall–Kier alpha value is -2.27. The van der Waals surface area contributed by atoms with Crippen molar-refractivity contribution in [2.45, 2.75) is 6.54 Å². The molecule has 0 unspecified atom stereocenters. The molecule has 2 aromatic carbocycles. The molecule has 0 aliphatic rings. The molecule has 110 valence electrons. The van der Waals surface area contributed by atoms with Crippen LogP contribution in [-0.4, -0.2) is 13.0 Å². The number of hydrogen-bond donors (Lipinski definition) is 2. The molecule has 2 rings (SSSR count). The number of rotatable bonds is 5. The Kier molecular flexibility index (Phi) is 4.65. The molecule has 0 fully saturated rings. The van der Waals surface area contributed by atoms with Crippen molar-refractivity contribution in [1.82, 2.24) is 0 Å². The van der Waals surface area contributed by atoms with Gasteiger partial charge in [-0.1, -0.05) is 17.7 Å². The fourth-order valence-corrected chi connectivity index (χ4v) is 1.96. The van der Waals surface area contributed by atoms with E-state index in [1.165, 1.54) is 19.2 Å². The molecule has 0 aliphatic heterocycles. The summed E-state index contributed by atoms with van der Waals surface area (Å²) in [5, 5.41) is 3.16. The van der Waals surface area contributed by atoms with Crippen LogP contribution >= 0.6 is 11.6 Å². The third kappa shape index (κ3) is 3.64. The normalized spacial score (nSPS) is 10.2. The fraction of sp³-hybridized carbons (Fsp3) is 0.133. The molecule has 4 nitrogen and oxygen atoms in total.